The number of rotatable bonds is 42. The molecule has 82 heavy (non-hydrogen) atoms. The van der Waals surface area contributed by atoms with Crippen molar-refractivity contribution in [3.8, 4) is 0 Å². The first-order chi connectivity index (χ1) is 39.2. The van der Waals surface area contributed by atoms with Crippen LogP contribution < -0.4 is 0 Å². The molecule has 458 valence electrons. The molecule has 0 amide bonds. The van der Waals surface area contributed by atoms with Crippen molar-refractivity contribution in [2.45, 2.75) is 262 Å². The van der Waals surface area contributed by atoms with E-state index in [1.165, 1.54) is 36.4 Å². The number of esters is 4. The molecule has 0 aliphatic heterocycles. The molecular weight excluding hydrogens is 1050 g/mol. The summed E-state index contributed by atoms with van der Waals surface area (Å²) in [4.78, 5) is 154. The second kappa shape index (κ2) is 39.4. The van der Waals surface area contributed by atoms with Crippen molar-refractivity contribution in [3.63, 3.8) is 0 Å². The first-order valence-electron chi connectivity index (χ1n) is 30.9. The lowest BCUT2D eigenvalue weighted by Gasteiger charge is -2.24. The number of ketones is 4. The Morgan fingerprint density at radius 3 is 0.780 bits per heavy atom. The van der Waals surface area contributed by atoms with Gasteiger partial charge >= 0.3 is 35.8 Å². The summed E-state index contributed by atoms with van der Waals surface area (Å²) >= 11 is 0. The van der Waals surface area contributed by atoms with Crippen molar-refractivity contribution in [2.75, 3.05) is 0 Å². The van der Waals surface area contributed by atoms with Crippen LogP contribution in [0.5, 0.6) is 0 Å². The molecule has 0 saturated carbocycles. The maximum Gasteiger partial charge on any atom is 0.387 e. The largest absolute Gasteiger partial charge is 0.454 e. The molecule has 16 heteroatoms. The Morgan fingerprint density at radius 1 is 0.317 bits per heavy atom. The number of hydrogen-bond donors (Lipinski definition) is 0. The average molecular weight is 1150 g/mol. The first kappa shape index (κ1) is 72.0. The Morgan fingerprint density at radius 2 is 0.549 bits per heavy atom. The van der Waals surface area contributed by atoms with Crippen molar-refractivity contribution in [1.82, 2.24) is 0 Å². The maximum atomic E-state index is 15.2. The number of benzene rings is 2. The molecule has 0 heterocycles. The summed E-state index contributed by atoms with van der Waals surface area (Å²) in [7, 11) is 0. The van der Waals surface area contributed by atoms with E-state index in [2.05, 4.69) is 0 Å². The van der Waals surface area contributed by atoms with Gasteiger partial charge in [-0.1, -0.05) is 184 Å². The second-order valence-electron chi connectivity index (χ2n) is 22.0. The summed E-state index contributed by atoms with van der Waals surface area (Å²) in [6.45, 7) is 21.9. The minimum Gasteiger partial charge on any atom is -0.454 e. The lowest BCUT2D eigenvalue weighted by molar-refractivity contribution is -0.187. The van der Waals surface area contributed by atoms with E-state index in [1.807, 2.05) is 27.7 Å². The van der Waals surface area contributed by atoms with Crippen molar-refractivity contribution in [2.24, 2.45) is 23.7 Å². The maximum absolute atomic E-state index is 15.2. The van der Waals surface area contributed by atoms with E-state index in [0.717, 1.165) is 51.4 Å². The Labute approximate surface area is 488 Å². The summed E-state index contributed by atoms with van der Waals surface area (Å²) in [6.07, 6.45) is 7.68. The van der Waals surface area contributed by atoms with E-state index in [0.29, 0.717) is 77.0 Å². The zero-order chi connectivity index (χ0) is 61.3. The van der Waals surface area contributed by atoms with Gasteiger partial charge in [0.2, 0.25) is 23.1 Å². The smallest absolute Gasteiger partial charge is 0.387 e. The zero-order valence-corrected chi connectivity index (χ0v) is 51.6. The number of carbonyl (C=O) groups excluding carboxylic acids is 10. The Kier molecular flexibility index (Phi) is 34.6. The molecular formula is C66H98O16. The van der Waals surface area contributed by atoms with Crippen molar-refractivity contribution >= 4 is 58.9 Å². The van der Waals surface area contributed by atoms with Gasteiger partial charge in [0.05, 0.1) is 34.8 Å². The predicted octanol–water partition coefficient (Wildman–Crippen LogP) is 15.1. The fourth-order valence-electron chi connectivity index (χ4n) is 8.91. The van der Waals surface area contributed by atoms with Gasteiger partial charge in [0.15, 0.2) is 24.4 Å². The third-order valence-electron chi connectivity index (χ3n) is 15.3. The fourth-order valence-corrected chi connectivity index (χ4v) is 8.91. The number of hydrogen-bond acceptors (Lipinski definition) is 16. The molecule has 0 spiro atoms. The molecule has 0 aromatic heterocycles. The van der Waals surface area contributed by atoms with Gasteiger partial charge in [-0.15, -0.1) is 0 Å². The van der Waals surface area contributed by atoms with Crippen LogP contribution in [-0.2, 0) is 47.9 Å². The van der Waals surface area contributed by atoms with E-state index >= 15 is 9.59 Å². The van der Waals surface area contributed by atoms with Gasteiger partial charge in [0, 0.05) is 22.3 Å². The quantitative estimate of drug-likeness (QED) is 0.0150. The SMILES string of the molecule is CCCCCCC(OC(=O)C(C)CC)C(=O)c1cccc(C(=O)OOC(=O)c2cccc(C(=O)C(CCCCCC)OC(=O)C(C)CC)c2C(=O)C(CCCCCC)OC(=O)C(C)CC)c1C(=O)C(CCCCCC)OC(=O)C(C)CC. The van der Waals surface area contributed by atoms with Crippen LogP contribution in [0.3, 0.4) is 0 Å². The molecule has 0 fully saturated rings. The summed E-state index contributed by atoms with van der Waals surface area (Å²) in [5.74, 6) is -11.2. The molecule has 0 N–H and O–H groups in total. The topological polar surface area (TPSA) is 226 Å². The molecule has 0 aliphatic rings. The van der Waals surface area contributed by atoms with E-state index < -0.39 is 129 Å². The molecule has 2 aromatic rings. The summed E-state index contributed by atoms with van der Waals surface area (Å²) in [5, 5.41) is 0. The number of carbonyl (C=O) groups is 10. The van der Waals surface area contributed by atoms with E-state index in [4.69, 9.17) is 28.7 Å². The minimum atomic E-state index is -1.48. The van der Waals surface area contributed by atoms with Gasteiger partial charge in [0.1, 0.15) is 0 Å². The average Bonchev–Trinajstić information content (AvgIpc) is 3.69. The lowest BCUT2D eigenvalue weighted by Crippen LogP contribution is -2.35. The van der Waals surface area contributed by atoms with E-state index in [9.17, 15) is 38.4 Å². The standard InChI is InChI=1S/C66H98O16/c1-13-21-25-29-39-51(77-61(71)43(9)17-5)57(67)47-35-33-37-49(55(47)59(69)53(41-31-27-23-15-3)79-63(73)45(11)19-7)65(75)81-82-66(76)50-38-34-36-48(58(68)52(40-30-26-22-14-2)78-62(72)44(10)18-6)56(50)60(70)54(42-32-28-24-16-4)80-64(74)46(12)20-8/h33-38,43-46,51-54H,13-32,39-42H2,1-12H3. The van der Waals surface area contributed by atoms with Crippen LogP contribution in [0, 0.1) is 23.7 Å². The van der Waals surface area contributed by atoms with E-state index in [-0.39, 0.29) is 36.8 Å². The highest BCUT2D eigenvalue weighted by Gasteiger charge is 2.39. The van der Waals surface area contributed by atoms with Crippen LogP contribution in [-0.4, -0.2) is 83.4 Å². The van der Waals surface area contributed by atoms with Crippen LogP contribution in [0.15, 0.2) is 36.4 Å². The zero-order valence-electron chi connectivity index (χ0n) is 51.6. The van der Waals surface area contributed by atoms with Crippen LogP contribution >= 0.6 is 0 Å². The third-order valence-corrected chi connectivity index (χ3v) is 15.3. The number of Topliss-reactive ketones (excluding diaryl/α,β-unsaturated/α-hetero) is 4. The van der Waals surface area contributed by atoms with Crippen molar-refractivity contribution in [3.05, 3.63) is 69.8 Å². The monoisotopic (exact) mass is 1150 g/mol. The fraction of sp³-hybridized carbons (Fsp3) is 0.667. The van der Waals surface area contributed by atoms with Crippen LogP contribution in [0.4, 0.5) is 0 Å². The molecule has 8 unspecified atom stereocenters. The molecule has 0 radical (unpaired) electrons. The Balaban J connectivity index is 3.01. The van der Waals surface area contributed by atoms with Gasteiger partial charge in [-0.3, -0.25) is 38.4 Å². The normalized spacial score (nSPS) is 14.1. The van der Waals surface area contributed by atoms with Gasteiger partial charge in [-0.25, -0.2) is 19.4 Å². The van der Waals surface area contributed by atoms with Crippen molar-refractivity contribution in [1.29, 1.82) is 0 Å². The summed E-state index contributed by atoms with van der Waals surface area (Å²) < 4.78 is 23.5. The summed E-state index contributed by atoms with van der Waals surface area (Å²) in [6, 6.07) is 7.60. The number of unbranched alkanes of at least 4 members (excludes halogenated alkanes) is 12. The summed E-state index contributed by atoms with van der Waals surface area (Å²) in [5.41, 5.74) is -2.79. The van der Waals surface area contributed by atoms with Gasteiger partial charge in [0.25, 0.3) is 0 Å². The molecule has 2 aromatic carbocycles. The predicted molar refractivity (Wildman–Crippen MR) is 313 cm³/mol. The highest BCUT2D eigenvalue weighted by Crippen LogP contribution is 2.30. The van der Waals surface area contributed by atoms with Gasteiger partial charge < -0.3 is 18.9 Å². The van der Waals surface area contributed by atoms with E-state index in [1.54, 1.807) is 55.4 Å². The molecule has 0 bridgehead atoms. The third kappa shape index (κ3) is 22.9. The second-order valence-corrected chi connectivity index (χ2v) is 22.0. The molecule has 2 rings (SSSR count). The van der Waals surface area contributed by atoms with Crippen molar-refractivity contribution < 1.29 is 76.7 Å². The van der Waals surface area contributed by atoms with Gasteiger partial charge in [-0.2, -0.15) is 0 Å². The van der Waals surface area contributed by atoms with Crippen LogP contribution in [0.2, 0.25) is 0 Å². The lowest BCUT2D eigenvalue weighted by atomic mass is 9.88. The molecule has 0 saturated heterocycles. The number of ether oxygens (including phenoxy) is 4. The first-order valence-corrected chi connectivity index (χ1v) is 30.9. The molecule has 16 nitrogen and oxygen atoms in total. The Hall–Kier alpha value is -6.06. The minimum absolute atomic E-state index is 0.0328. The highest BCUT2D eigenvalue weighted by atomic mass is 17.2. The molecule has 0 aliphatic carbocycles. The Bertz CT molecular complexity index is 2220. The van der Waals surface area contributed by atoms with Crippen LogP contribution in [0.1, 0.15) is 299 Å². The molecule has 8 atom stereocenters. The van der Waals surface area contributed by atoms with Gasteiger partial charge in [-0.05, 0) is 89.2 Å². The van der Waals surface area contributed by atoms with Crippen LogP contribution in [0.25, 0.3) is 0 Å². The highest BCUT2D eigenvalue weighted by molar-refractivity contribution is 6.18.